The Kier molecular flexibility index (Phi) is 3.90. The van der Waals surface area contributed by atoms with Crippen molar-refractivity contribution in [3.05, 3.63) is 31.4 Å². The Morgan fingerprint density at radius 1 is 1.35 bits per heavy atom. The molecule has 1 aliphatic rings. The molecule has 134 valence electrons. The maximum Gasteiger partial charge on any atom is 0.245 e. The van der Waals surface area contributed by atoms with Gasteiger partial charge >= 0.3 is 0 Å². The van der Waals surface area contributed by atoms with Gasteiger partial charge in [-0.05, 0) is 18.9 Å². The van der Waals surface area contributed by atoms with Crippen LogP contribution in [-0.2, 0) is 11.8 Å². The zero-order valence-corrected chi connectivity index (χ0v) is 14.5. The summed E-state index contributed by atoms with van der Waals surface area (Å²) in [5, 5.41) is 9.77. The van der Waals surface area contributed by atoms with Crippen molar-refractivity contribution in [2.75, 3.05) is 18.8 Å². The van der Waals surface area contributed by atoms with Crippen molar-refractivity contribution < 1.29 is 4.79 Å². The monoisotopic (exact) mass is 352 g/mol. The van der Waals surface area contributed by atoms with Gasteiger partial charge in [-0.2, -0.15) is 10.2 Å². The van der Waals surface area contributed by atoms with Crippen molar-refractivity contribution >= 4 is 22.8 Å². The van der Waals surface area contributed by atoms with Gasteiger partial charge in [-0.1, -0.05) is 6.58 Å². The summed E-state index contributed by atoms with van der Waals surface area (Å²) in [6, 6.07) is 0.145. The average Bonchev–Trinajstić information content (AvgIpc) is 3.25. The molecule has 4 rings (SSSR count). The second-order valence-corrected chi connectivity index (χ2v) is 6.41. The number of carbonyl (C=O) groups is 1. The molecule has 2 N–H and O–H groups in total. The number of nitrogens with zero attached hydrogens (tertiary/aromatic N) is 7. The van der Waals surface area contributed by atoms with Gasteiger partial charge in [0.2, 0.25) is 5.91 Å². The molecule has 1 aliphatic heterocycles. The van der Waals surface area contributed by atoms with Gasteiger partial charge in [0.05, 0.1) is 17.6 Å². The number of rotatable bonds is 3. The first-order chi connectivity index (χ1) is 12.6. The number of piperidine rings is 1. The Labute approximate surface area is 150 Å². The molecule has 0 unspecified atom stereocenters. The Morgan fingerprint density at radius 2 is 2.12 bits per heavy atom. The van der Waals surface area contributed by atoms with E-state index < -0.39 is 0 Å². The van der Waals surface area contributed by atoms with Crippen LogP contribution in [0.2, 0.25) is 0 Å². The molecule has 3 aromatic rings. The molecule has 0 saturated carbocycles. The Bertz CT molecular complexity index is 980. The minimum Gasteiger partial charge on any atom is -0.383 e. The number of aryl methyl sites for hydroxylation is 1. The van der Waals surface area contributed by atoms with Gasteiger partial charge in [0, 0.05) is 31.9 Å². The molecule has 3 aromatic heterocycles. The van der Waals surface area contributed by atoms with E-state index in [4.69, 9.17) is 10.8 Å². The number of hydrogen-bond donors (Lipinski definition) is 1. The lowest BCUT2D eigenvalue weighted by molar-refractivity contribution is -0.127. The smallest absolute Gasteiger partial charge is 0.245 e. The van der Waals surface area contributed by atoms with E-state index in [1.54, 1.807) is 15.8 Å². The van der Waals surface area contributed by atoms with E-state index in [0.717, 1.165) is 29.5 Å². The van der Waals surface area contributed by atoms with Crippen molar-refractivity contribution in [2.45, 2.75) is 18.9 Å². The molecule has 9 heteroatoms. The maximum absolute atomic E-state index is 11.8. The van der Waals surface area contributed by atoms with Crippen LogP contribution in [0, 0.1) is 0 Å². The van der Waals surface area contributed by atoms with Crippen LogP contribution in [0.1, 0.15) is 18.9 Å². The second kappa shape index (κ2) is 6.25. The van der Waals surface area contributed by atoms with Gasteiger partial charge < -0.3 is 10.6 Å². The van der Waals surface area contributed by atoms with E-state index in [9.17, 15) is 4.79 Å². The van der Waals surface area contributed by atoms with E-state index in [0.29, 0.717) is 24.6 Å². The van der Waals surface area contributed by atoms with Gasteiger partial charge in [0.25, 0.3) is 0 Å². The number of nitrogen functional groups attached to an aromatic ring is 1. The highest BCUT2D eigenvalue weighted by Crippen LogP contribution is 2.33. The largest absolute Gasteiger partial charge is 0.383 e. The first kappa shape index (κ1) is 16.2. The highest BCUT2D eigenvalue weighted by atomic mass is 16.2. The number of aromatic nitrogens is 6. The molecule has 0 atom stereocenters. The molecular weight excluding hydrogens is 332 g/mol. The van der Waals surface area contributed by atoms with Gasteiger partial charge in [-0.25, -0.2) is 14.6 Å². The molecule has 26 heavy (non-hydrogen) atoms. The lowest BCUT2D eigenvalue weighted by Crippen LogP contribution is -2.38. The lowest BCUT2D eigenvalue weighted by atomic mass is 10.1. The number of anilines is 1. The van der Waals surface area contributed by atoms with Crippen LogP contribution < -0.4 is 5.73 Å². The molecule has 1 fully saturated rings. The van der Waals surface area contributed by atoms with Gasteiger partial charge in [-0.15, -0.1) is 0 Å². The number of amides is 1. The summed E-state index contributed by atoms with van der Waals surface area (Å²) >= 11 is 0. The normalized spacial score (nSPS) is 15.5. The van der Waals surface area contributed by atoms with Crippen molar-refractivity contribution in [1.82, 2.24) is 34.4 Å². The third kappa shape index (κ3) is 2.61. The van der Waals surface area contributed by atoms with E-state index in [-0.39, 0.29) is 11.9 Å². The Balaban J connectivity index is 1.74. The first-order valence-corrected chi connectivity index (χ1v) is 8.47. The molecule has 1 saturated heterocycles. The van der Waals surface area contributed by atoms with Gasteiger partial charge in [0.1, 0.15) is 17.8 Å². The number of fused-ring (bicyclic) bond motifs is 1. The van der Waals surface area contributed by atoms with E-state index in [1.165, 1.54) is 12.4 Å². The van der Waals surface area contributed by atoms with Crippen LogP contribution in [0.3, 0.4) is 0 Å². The standard InChI is InChI=1S/C17H20N8O/c1-3-13(26)24-6-4-12(5-7-24)25-17-14(16(18)19-10-20-17)15(22-25)11-8-21-23(2)9-11/h3,8-10,12H,1,4-7H2,2H3,(H2,18,19,20). The molecule has 1 amide bonds. The van der Waals surface area contributed by atoms with Gasteiger partial charge in [-0.3, -0.25) is 9.48 Å². The van der Waals surface area contributed by atoms with E-state index >= 15 is 0 Å². The highest BCUT2D eigenvalue weighted by Gasteiger charge is 2.27. The van der Waals surface area contributed by atoms with Crippen LogP contribution in [0.5, 0.6) is 0 Å². The van der Waals surface area contributed by atoms with Gasteiger partial charge in [0.15, 0.2) is 5.65 Å². The summed E-state index contributed by atoms with van der Waals surface area (Å²) in [7, 11) is 1.86. The molecule has 0 aromatic carbocycles. The molecule has 4 heterocycles. The quantitative estimate of drug-likeness (QED) is 0.709. The van der Waals surface area contributed by atoms with Crippen LogP contribution in [0.4, 0.5) is 5.82 Å². The fraction of sp³-hybridized carbons (Fsp3) is 0.353. The summed E-state index contributed by atoms with van der Waals surface area (Å²) in [6.07, 6.45) is 8.06. The van der Waals surface area contributed by atoms with E-state index in [1.807, 2.05) is 17.9 Å². The third-order valence-electron chi connectivity index (χ3n) is 4.79. The zero-order chi connectivity index (χ0) is 18.3. The average molecular weight is 352 g/mol. The zero-order valence-electron chi connectivity index (χ0n) is 14.5. The predicted molar refractivity (Wildman–Crippen MR) is 97.0 cm³/mol. The summed E-state index contributed by atoms with van der Waals surface area (Å²) < 4.78 is 3.64. The van der Waals surface area contributed by atoms with Crippen molar-refractivity contribution in [3.63, 3.8) is 0 Å². The molecule has 0 radical (unpaired) electrons. The lowest BCUT2D eigenvalue weighted by Gasteiger charge is -2.31. The number of nitrogens with two attached hydrogens (primary N) is 1. The molecule has 0 aliphatic carbocycles. The second-order valence-electron chi connectivity index (χ2n) is 6.41. The third-order valence-corrected chi connectivity index (χ3v) is 4.79. The van der Waals surface area contributed by atoms with Crippen LogP contribution in [0.15, 0.2) is 31.4 Å². The maximum atomic E-state index is 11.8. The summed E-state index contributed by atoms with van der Waals surface area (Å²) in [6.45, 7) is 4.89. The Hall–Kier alpha value is -3.23. The molecule has 9 nitrogen and oxygen atoms in total. The van der Waals surface area contributed by atoms with Crippen molar-refractivity contribution in [3.8, 4) is 11.3 Å². The number of likely N-dealkylation sites (tertiary alicyclic amines) is 1. The van der Waals surface area contributed by atoms with Crippen LogP contribution >= 0.6 is 0 Å². The van der Waals surface area contributed by atoms with Crippen molar-refractivity contribution in [1.29, 1.82) is 0 Å². The Morgan fingerprint density at radius 3 is 2.77 bits per heavy atom. The molecular formula is C17H20N8O. The minimum atomic E-state index is -0.0311. The SMILES string of the molecule is C=CC(=O)N1CCC(n2nc(-c3cnn(C)c3)c3c(N)ncnc32)CC1. The topological polar surface area (TPSA) is 108 Å². The minimum absolute atomic E-state index is 0.0311. The predicted octanol–water partition coefficient (Wildman–Crippen LogP) is 1.16. The summed E-state index contributed by atoms with van der Waals surface area (Å²) in [5.74, 6) is 0.371. The van der Waals surface area contributed by atoms with Crippen molar-refractivity contribution in [2.24, 2.45) is 7.05 Å². The molecule has 0 bridgehead atoms. The number of hydrogen-bond acceptors (Lipinski definition) is 6. The summed E-state index contributed by atoms with van der Waals surface area (Å²) in [4.78, 5) is 22.2. The summed E-state index contributed by atoms with van der Waals surface area (Å²) in [5.41, 5.74) is 8.45. The van der Waals surface area contributed by atoms with Crippen LogP contribution in [0.25, 0.3) is 22.3 Å². The molecule has 0 spiro atoms. The van der Waals surface area contributed by atoms with Crippen LogP contribution in [-0.4, -0.2) is 53.4 Å². The fourth-order valence-corrected chi connectivity index (χ4v) is 3.46. The first-order valence-electron chi connectivity index (χ1n) is 8.47. The van der Waals surface area contributed by atoms with E-state index in [2.05, 4.69) is 21.6 Å². The fourth-order valence-electron chi connectivity index (χ4n) is 3.46. The highest BCUT2D eigenvalue weighted by molar-refractivity contribution is 5.98. The number of carbonyl (C=O) groups excluding carboxylic acids is 1.